The molecule has 7 heteroatoms. The first-order valence-corrected chi connectivity index (χ1v) is 11.6. The van der Waals surface area contributed by atoms with Crippen molar-refractivity contribution in [3.8, 4) is 0 Å². The lowest BCUT2D eigenvalue weighted by atomic mass is 10.1. The molecule has 7 nitrogen and oxygen atoms in total. The zero-order valence-electron chi connectivity index (χ0n) is 18.9. The van der Waals surface area contributed by atoms with E-state index in [1.807, 2.05) is 54.4 Å². The predicted molar refractivity (Wildman–Crippen MR) is 126 cm³/mol. The second-order valence-corrected chi connectivity index (χ2v) is 8.72. The summed E-state index contributed by atoms with van der Waals surface area (Å²) in [6.07, 6.45) is 5.88. The number of aromatic nitrogens is 1. The Morgan fingerprint density at radius 3 is 2.31 bits per heavy atom. The first-order chi connectivity index (χ1) is 15.6. The number of carbonyl (C=O) groups is 2. The number of urea groups is 1. The maximum atomic E-state index is 12.7. The molecular formula is C25H33N5O2. The van der Waals surface area contributed by atoms with Crippen LogP contribution in [-0.4, -0.2) is 66.0 Å². The Labute approximate surface area is 190 Å². The third-order valence-corrected chi connectivity index (χ3v) is 6.35. The van der Waals surface area contributed by atoms with E-state index in [0.29, 0.717) is 39.1 Å². The monoisotopic (exact) mass is 435 g/mol. The van der Waals surface area contributed by atoms with E-state index in [0.717, 1.165) is 30.0 Å². The number of anilines is 1. The van der Waals surface area contributed by atoms with Crippen LogP contribution < -0.4 is 10.2 Å². The second-order valence-electron chi connectivity index (χ2n) is 8.72. The van der Waals surface area contributed by atoms with Crippen molar-refractivity contribution in [1.82, 2.24) is 20.1 Å². The number of rotatable bonds is 5. The molecule has 4 rings (SSSR count). The number of carbonyl (C=O) groups excluding carboxylic acids is 2. The quantitative estimate of drug-likeness (QED) is 0.784. The molecule has 2 fully saturated rings. The molecule has 0 unspecified atom stereocenters. The van der Waals surface area contributed by atoms with E-state index in [1.54, 1.807) is 4.90 Å². The molecular weight excluding hydrogens is 402 g/mol. The molecule has 0 aliphatic carbocycles. The molecule has 0 spiro atoms. The zero-order valence-corrected chi connectivity index (χ0v) is 18.9. The minimum Gasteiger partial charge on any atom is -0.356 e. The number of piperidine rings is 1. The number of nitrogens with one attached hydrogen (secondary N) is 1. The number of pyridine rings is 1. The van der Waals surface area contributed by atoms with Crippen LogP contribution in [0.15, 0.2) is 42.6 Å². The Morgan fingerprint density at radius 2 is 1.59 bits per heavy atom. The van der Waals surface area contributed by atoms with Gasteiger partial charge in [0.15, 0.2) is 0 Å². The van der Waals surface area contributed by atoms with Crippen LogP contribution >= 0.6 is 0 Å². The lowest BCUT2D eigenvalue weighted by Crippen LogP contribution is -2.53. The Morgan fingerprint density at radius 1 is 0.906 bits per heavy atom. The molecule has 0 saturated carbocycles. The van der Waals surface area contributed by atoms with Gasteiger partial charge >= 0.3 is 6.03 Å². The van der Waals surface area contributed by atoms with E-state index < -0.39 is 0 Å². The van der Waals surface area contributed by atoms with E-state index in [-0.39, 0.29) is 11.9 Å². The molecule has 0 radical (unpaired) electrons. The van der Waals surface area contributed by atoms with Gasteiger partial charge in [-0.3, -0.25) is 4.79 Å². The van der Waals surface area contributed by atoms with Crippen LogP contribution in [0, 0.1) is 6.92 Å². The van der Waals surface area contributed by atoms with Crippen LogP contribution in [0.25, 0.3) is 0 Å². The summed E-state index contributed by atoms with van der Waals surface area (Å²) in [5.74, 6) is 1.11. The molecule has 3 heterocycles. The number of benzene rings is 1. The highest BCUT2D eigenvalue weighted by atomic mass is 16.2. The number of amides is 3. The number of piperazine rings is 1. The largest absolute Gasteiger partial charge is 0.356 e. The van der Waals surface area contributed by atoms with Gasteiger partial charge in [0.05, 0.1) is 6.42 Å². The van der Waals surface area contributed by atoms with Crippen LogP contribution in [0.1, 0.15) is 36.0 Å². The predicted octanol–water partition coefficient (Wildman–Crippen LogP) is 2.98. The Kier molecular flexibility index (Phi) is 7.24. The van der Waals surface area contributed by atoms with E-state index in [2.05, 4.69) is 15.2 Å². The van der Waals surface area contributed by atoms with E-state index in [1.165, 1.54) is 24.8 Å². The van der Waals surface area contributed by atoms with Crippen LogP contribution in [0.2, 0.25) is 0 Å². The van der Waals surface area contributed by atoms with Crippen molar-refractivity contribution in [2.45, 2.75) is 39.2 Å². The third kappa shape index (κ3) is 5.58. The van der Waals surface area contributed by atoms with Crippen LogP contribution in [0.5, 0.6) is 0 Å². The van der Waals surface area contributed by atoms with Gasteiger partial charge in [0.2, 0.25) is 5.91 Å². The second kappa shape index (κ2) is 10.5. The Hall–Kier alpha value is -3.09. The van der Waals surface area contributed by atoms with Gasteiger partial charge in [-0.05, 0) is 37.8 Å². The van der Waals surface area contributed by atoms with E-state index >= 15 is 0 Å². The highest BCUT2D eigenvalue weighted by Crippen LogP contribution is 2.21. The number of hydrogen-bond donors (Lipinski definition) is 1. The van der Waals surface area contributed by atoms with Crippen molar-refractivity contribution in [3.63, 3.8) is 0 Å². The molecule has 1 N–H and O–H groups in total. The first kappa shape index (κ1) is 22.1. The molecule has 170 valence electrons. The third-order valence-electron chi connectivity index (χ3n) is 6.35. The molecule has 2 aromatic rings. The highest BCUT2D eigenvalue weighted by Gasteiger charge is 2.24. The zero-order chi connectivity index (χ0) is 22.3. The molecule has 32 heavy (non-hydrogen) atoms. The minimum absolute atomic E-state index is 0.0796. The summed E-state index contributed by atoms with van der Waals surface area (Å²) in [6.45, 7) is 6.81. The van der Waals surface area contributed by atoms with Crippen molar-refractivity contribution in [1.29, 1.82) is 0 Å². The van der Waals surface area contributed by atoms with Crippen LogP contribution in [-0.2, 0) is 17.8 Å². The number of nitrogens with zero attached hydrogens (tertiary/aromatic N) is 4. The minimum atomic E-state index is -0.0796. The van der Waals surface area contributed by atoms with Gasteiger partial charge in [-0.2, -0.15) is 0 Å². The topological polar surface area (TPSA) is 68.8 Å². The Balaban J connectivity index is 1.25. The SMILES string of the molecule is Cc1ccc(CC(=O)N2CCN(C(=O)NCc3cccnc3N3CCCCC3)CC2)cc1. The molecule has 2 aliphatic heterocycles. The normalized spacial score (nSPS) is 16.7. The average molecular weight is 436 g/mol. The molecule has 3 amide bonds. The molecule has 2 aliphatic rings. The lowest BCUT2D eigenvalue weighted by Gasteiger charge is -2.35. The fourth-order valence-corrected chi connectivity index (χ4v) is 4.39. The molecule has 0 bridgehead atoms. The average Bonchev–Trinajstić information content (AvgIpc) is 2.85. The van der Waals surface area contributed by atoms with Gasteiger partial charge in [-0.15, -0.1) is 0 Å². The van der Waals surface area contributed by atoms with Crippen molar-refractivity contribution < 1.29 is 9.59 Å². The smallest absolute Gasteiger partial charge is 0.317 e. The van der Waals surface area contributed by atoms with Crippen molar-refractivity contribution in [3.05, 3.63) is 59.3 Å². The number of hydrogen-bond acceptors (Lipinski definition) is 4. The van der Waals surface area contributed by atoms with E-state index in [9.17, 15) is 9.59 Å². The summed E-state index contributed by atoms with van der Waals surface area (Å²) in [7, 11) is 0. The molecule has 0 atom stereocenters. The summed E-state index contributed by atoms with van der Waals surface area (Å²) in [4.78, 5) is 35.9. The first-order valence-electron chi connectivity index (χ1n) is 11.6. The van der Waals surface area contributed by atoms with Gasteiger partial charge in [0, 0.05) is 57.6 Å². The molecule has 1 aromatic heterocycles. The maximum Gasteiger partial charge on any atom is 0.317 e. The van der Waals surface area contributed by atoms with Gasteiger partial charge in [0.25, 0.3) is 0 Å². The maximum absolute atomic E-state index is 12.7. The fourth-order valence-electron chi connectivity index (χ4n) is 4.39. The standard InChI is InChI=1S/C25H33N5O2/c1-20-7-9-21(10-8-20)18-23(31)28-14-16-30(17-15-28)25(32)27-19-22-6-5-11-26-24(22)29-12-3-2-4-13-29/h5-11H,2-4,12-19H2,1H3,(H,27,32). The van der Waals surface area contributed by atoms with Crippen molar-refractivity contribution in [2.24, 2.45) is 0 Å². The molecule has 1 aromatic carbocycles. The lowest BCUT2D eigenvalue weighted by molar-refractivity contribution is -0.131. The van der Waals surface area contributed by atoms with Crippen LogP contribution in [0.4, 0.5) is 10.6 Å². The van der Waals surface area contributed by atoms with Gasteiger partial charge in [0.1, 0.15) is 5.82 Å². The van der Waals surface area contributed by atoms with Crippen molar-refractivity contribution >= 4 is 17.8 Å². The van der Waals surface area contributed by atoms with Gasteiger partial charge in [-0.1, -0.05) is 35.9 Å². The van der Waals surface area contributed by atoms with E-state index in [4.69, 9.17) is 0 Å². The van der Waals surface area contributed by atoms with Crippen molar-refractivity contribution in [2.75, 3.05) is 44.2 Å². The number of aryl methyl sites for hydroxylation is 1. The van der Waals surface area contributed by atoms with Gasteiger partial charge < -0.3 is 20.0 Å². The summed E-state index contributed by atoms with van der Waals surface area (Å²) in [6, 6.07) is 12.0. The summed E-state index contributed by atoms with van der Waals surface area (Å²) < 4.78 is 0. The summed E-state index contributed by atoms with van der Waals surface area (Å²) >= 11 is 0. The Bertz CT molecular complexity index is 916. The van der Waals surface area contributed by atoms with Gasteiger partial charge in [-0.25, -0.2) is 9.78 Å². The molecule has 2 saturated heterocycles. The highest BCUT2D eigenvalue weighted by molar-refractivity contribution is 5.79. The van der Waals surface area contributed by atoms with Crippen LogP contribution in [0.3, 0.4) is 0 Å². The summed E-state index contributed by atoms with van der Waals surface area (Å²) in [5.41, 5.74) is 3.27. The summed E-state index contributed by atoms with van der Waals surface area (Å²) in [5, 5.41) is 3.05. The fraction of sp³-hybridized carbons (Fsp3) is 0.480.